The van der Waals surface area contributed by atoms with Crippen LogP contribution in [0.3, 0.4) is 0 Å². The van der Waals surface area contributed by atoms with Crippen LogP contribution < -0.4 is 10.1 Å². The molecule has 0 radical (unpaired) electrons. The Morgan fingerprint density at radius 2 is 2.07 bits per heavy atom. The van der Waals surface area contributed by atoms with Crippen molar-refractivity contribution in [2.45, 2.75) is 18.9 Å². The summed E-state index contributed by atoms with van der Waals surface area (Å²) in [7, 11) is 1.58. The van der Waals surface area contributed by atoms with Crippen molar-refractivity contribution in [2.24, 2.45) is 0 Å². The van der Waals surface area contributed by atoms with E-state index in [9.17, 15) is 9.59 Å². The molecule has 1 aromatic heterocycles. The quantitative estimate of drug-likeness (QED) is 0.784. The number of benzene rings is 1. The maximum Gasteiger partial charge on any atom is 0.253 e. The summed E-state index contributed by atoms with van der Waals surface area (Å²) in [5, 5.41) is 3.59. The third-order valence-corrected chi connectivity index (χ3v) is 4.90. The number of ether oxygens (including phenoxy) is 1. The van der Waals surface area contributed by atoms with Gasteiger partial charge in [-0.15, -0.1) is 0 Å². The van der Waals surface area contributed by atoms with E-state index in [0.29, 0.717) is 42.3 Å². The minimum absolute atomic E-state index is 0.0498. The number of methoxy groups -OCH3 is 1. The Labute approximate surface area is 169 Å². The first-order chi connectivity index (χ1) is 13.6. The van der Waals surface area contributed by atoms with E-state index in [1.54, 1.807) is 60.8 Å². The number of carbonyl (C=O) groups excluding carboxylic acids is 2. The van der Waals surface area contributed by atoms with Crippen LogP contribution >= 0.6 is 11.6 Å². The van der Waals surface area contributed by atoms with Gasteiger partial charge in [-0.1, -0.05) is 11.6 Å². The molecule has 2 amide bonds. The molecule has 0 atom stereocenters. The second kappa shape index (κ2) is 9.37. The topological polar surface area (TPSA) is 71.5 Å². The standard InChI is InChI=1S/C21H22ClN3O3/c1-28-19-6-5-17(22)13-15(19)4-7-20(26)25-11-8-18(9-12-25)24-21(27)16-3-2-10-23-14-16/h2-7,10,13-14,18H,8-9,11-12H2,1H3,(H,24,27)/b7-4+. The van der Waals surface area contributed by atoms with E-state index in [1.165, 1.54) is 6.08 Å². The van der Waals surface area contributed by atoms with Crippen LogP contribution in [-0.2, 0) is 4.79 Å². The van der Waals surface area contributed by atoms with E-state index in [2.05, 4.69) is 10.3 Å². The molecule has 0 spiro atoms. The molecule has 1 aromatic carbocycles. The highest BCUT2D eigenvalue weighted by Crippen LogP contribution is 2.24. The second-order valence-electron chi connectivity index (χ2n) is 6.53. The summed E-state index contributed by atoms with van der Waals surface area (Å²) in [6.45, 7) is 1.18. The van der Waals surface area contributed by atoms with Gasteiger partial charge in [-0.25, -0.2) is 0 Å². The van der Waals surface area contributed by atoms with Crippen LogP contribution in [0.4, 0.5) is 0 Å². The van der Waals surface area contributed by atoms with E-state index < -0.39 is 0 Å². The third-order valence-electron chi connectivity index (χ3n) is 4.66. The Hall–Kier alpha value is -2.86. The number of hydrogen-bond donors (Lipinski definition) is 1. The lowest BCUT2D eigenvalue weighted by Gasteiger charge is -2.31. The van der Waals surface area contributed by atoms with E-state index in [4.69, 9.17) is 16.3 Å². The van der Waals surface area contributed by atoms with Crippen molar-refractivity contribution < 1.29 is 14.3 Å². The monoisotopic (exact) mass is 399 g/mol. The highest BCUT2D eigenvalue weighted by atomic mass is 35.5. The van der Waals surface area contributed by atoms with Crippen molar-refractivity contribution in [2.75, 3.05) is 20.2 Å². The molecule has 6 nitrogen and oxygen atoms in total. The zero-order chi connectivity index (χ0) is 19.9. The molecule has 3 rings (SSSR count). The Morgan fingerprint density at radius 1 is 1.29 bits per heavy atom. The van der Waals surface area contributed by atoms with Gasteiger partial charge < -0.3 is 15.0 Å². The van der Waals surface area contributed by atoms with Gasteiger partial charge in [-0.3, -0.25) is 14.6 Å². The highest BCUT2D eigenvalue weighted by molar-refractivity contribution is 6.30. The average molecular weight is 400 g/mol. The molecule has 2 heterocycles. The van der Waals surface area contributed by atoms with Gasteiger partial charge in [0.15, 0.2) is 0 Å². The number of halogens is 1. The maximum atomic E-state index is 12.5. The summed E-state index contributed by atoms with van der Waals surface area (Å²) >= 11 is 6.02. The number of rotatable bonds is 5. The predicted molar refractivity (Wildman–Crippen MR) is 108 cm³/mol. The number of carbonyl (C=O) groups is 2. The number of amides is 2. The van der Waals surface area contributed by atoms with Crippen LogP contribution in [0.5, 0.6) is 5.75 Å². The average Bonchev–Trinajstić information content (AvgIpc) is 2.73. The molecule has 1 fully saturated rings. The van der Waals surface area contributed by atoms with E-state index in [0.717, 1.165) is 5.56 Å². The van der Waals surface area contributed by atoms with Crippen LogP contribution in [-0.4, -0.2) is 47.9 Å². The molecular formula is C21H22ClN3O3. The van der Waals surface area contributed by atoms with Crippen molar-refractivity contribution in [3.63, 3.8) is 0 Å². The number of aromatic nitrogens is 1. The maximum absolute atomic E-state index is 12.5. The largest absolute Gasteiger partial charge is 0.496 e. The predicted octanol–water partition coefficient (Wildman–Crippen LogP) is 3.18. The Kier molecular flexibility index (Phi) is 6.66. The van der Waals surface area contributed by atoms with Gasteiger partial charge >= 0.3 is 0 Å². The van der Waals surface area contributed by atoms with E-state index >= 15 is 0 Å². The molecule has 1 N–H and O–H groups in total. The molecule has 0 unspecified atom stereocenters. The molecule has 0 aliphatic carbocycles. The van der Waals surface area contributed by atoms with Gasteiger partial charge in [0.25, 0.3) is 5.91 Å². The lowest BCUT2D eigenvalue weighted by molar-refractivity contribution is -0.126. The first-order valence-electron chi connectivity index (χ1n) is 9.08. The van der Waals surface area contributed by atoms with Crippen LogP contribution in [0.1, 0.15) is 28.8 Å². The van der Waals surface area contributed by atoms with Crippen LogP contribution in [0.25, 0.3) is 6.08 Å². The summed E-state index contributed by atoms with van der Waals surface area (Å²) in [6.07, 6.45) is 7.85. The molecule has 1 aliphatic heterocycles. The smallest absolute Gasteiger partial charge is 0.253 e. The summed E-state index contributed by atoms with van der Waals surface area (Å²) in [5.41, 5.74) is 1.29. The Balaban J connectivity index is 1.53. The van der Waals surface area contributed by atoms with Gasteiger partial charge in [0.1, 0.15) is 5.75 Å². The molecule has 2 aromatic rings. The van der Waals surface area contributed by atoms with Crippen molar-refractivity contribution in [1.29, 1.82) is 0 Å². The number of pyridine rings is 1. The van der Waals surface area contributed by atoms with Gasteiger partial charge in [0.2, 0.25) is 5.91 Å². The minimum Gasteiger partial charge on any atom is -0.496 e. The van der Waals surface area contributed by atoms with Crippen LogP contribution in [0.15, 0.2) is 48.8 Å². The SMILES string of the molecule is COc1ccc(Cl)cc1/C=C/C(=O)N1CCC(NC(=O)c2cccnc2)CC1. The normalized spacial score (nSPS) is 14.9. The van der Waals surface area contributed by atoms with Crippen molar-refractivity contribution >= 4 is 29.5 Å². The van der Waals surface area contributed by atoms with Crippen molar-refractivity contribution in [1.82, 2.24) is 15.2 Å². The van der Waals surface area contributed by atoms with Crippen molar-refractivity contribution in [3.05, 3.63) is 65.0 Å². The van der Waals surface area contributed by atoms with Gasteiger partial charge in [0.05, 0.1) is 12.7 Å². The summed E-state index contributed by atoms with van der Waals surface area (Å²) in [6, 6.07) is 8.78. The second-order valence-corrected chi connectivity index (χ2v) is 6.97. The highest BCUT2D eigenvalue weighted by Gasteiger charge is 2.23. The summed E-state index contributed by atoms with van der Waals surface area (Å²) in [4.78, 5) is 30.4. The van der Waals surface area contributed by atoms with Gasteiger partial charge in [-0.2, -0.15) is 0 Å². The third kappa shape index (κ3) is 5.10. The summed E-state index contributed by atoms with van der Waals surface area (Å²) < 4.78 is 5.29. The van der Waals surface area contributed by atoms with E-state index in [-0.39, 0.29) is 17.9 Å². The Morgan fingerprint density at radius 3 is 2.75 bits per heavy atom. The van der Waals surface area contributed by atoms with E-state index in [1.807, 2.05) is 0 Å². The lowest BCUT2D eigenvalue weighted by Crippen LogP contribution is -2.46. The molecule has 1 saturated heterocycles. The zero-order valence-corrected chi connectivity index (χ0v) is 16.4. The summed E-state index contributed by atoms with van der Waals surface area (Å²) in [5.74, 6) is 0.454. The molecule has 7 heteroatoms. The fraction of sp³-hybridized carbons (Fsp3) is 0.286. The van der Waals surface area contributed by atoms with Crippen LogP contribution in [0.2, 0.25) is 5.02 Å². The first kappa shape index (κ1) is 19.9. The van der Waals surface area contributed by atoms with Gasteiger partial charge in [0, 0.05) is 48.2 Å². The number of nitrogens with zero attached hydrogens (tertiary/aromatic N) is 2. The van der Waals surface area contributed by atoms with Gasteiger partial charge in [-0.05, 0) is 49.2 Å². The molecular weight excluding hydrogens is 378 g/mol. The molecule has 1 aliphatic rings. The number of likely N-dealkylation sites (tertiary alicyclic amines) is 1. The molecule has 0 bridgehead atoms. The molecule has 146 valence electrons. The fourth-order valence-electron chi connectivity index (χ4n) is 3.11. The number of nitrogens with one attached hydrogen (secondary N) is 1. The first-order valence-corrected chi connectivity index (χ1v) is 9.46. The van der Waals surface area contributed by atoms with Crippen molar-refractivity contribution in [3.8, 4) is 5.75 Å². The molecule has 0 saturated carbocycles. The Bertz CT molecular complexity index is 862. The van der Waals surface area contributed by atoms with Crippen LogP contribution in [0, 0.1) is 0 Å². The fourth-order valence-corrected chi connectivity index (χ4v) is 3.29. The number of hydrogen-bond acceptors (Lipinski definition) is 4. The minimum atomic E-state index is -0.133. The molecule has 28 heavy (non-hydrogen) atoms. The number of piperidine rings is 1. The zero-order valence-electron chi connectivity index (χ0n) is 15.6. The lowest BCUT2D eigenvalue weighted by atomic mass is 10.0.